The summed E-state index contributed by atoms with van der Waals surface area (Å²) in [5, 5.41) is 0. The van der Waals surface area contributed by atoms with Gasteiger partial charge in [-0.15, -0.1) is 0 Å². The molecule has 0 saturated heterocycles. The van der Waals surface area contributed by atoms with E-state index in [1.54, 1.807) is 7.11 Å². The third-order valence-corrected chi connectivity index (χ3v) is 2.92. The first-order chi connectivity index (χ1) is 9.72. The molecule has 2 aromatic rings. The number of methoxy groups -OCH3 is 1. The predicted octanol–water partition coefficient (Wildman–Crippen LogP) is 3.84. The van der Waals surface area contributed by atoms with Crippen molar-refractivity contribution in [1.29, 1.82) is 0 Å². The van der Waals surface area contributed by atoms with Crippen molar-refractivity contribution in [2.45, 2.75) is 13.8 Å². The highest BCUT2D eigenvalue weighted by atomic mass is 16.5. The second-order valence-corrected chi connectivity index (χ2v) is 4.39. The van der Waals surface area contributed by atoms with Gasteiger partial charge in [-0.2, -0.15) is 0 Å². The molecule has 0 saturated carbocycles. The first-order valence-corrected chi connectivity index (χ1v) is 6.62. The molecule has 4 heteroatoms. The maximum absolute atomic E-state index is 5.47. The van der Waals surface area contributed by atoms with Crippen LogP contribution >= 0.6 is 0 Å². The van der Waals surface area contributed by atoms with Crippen molar-refractivity contribution in [2.75, 3.05) is 24.6 Å². The molecule has 0 aliphatic rings. The molecule has 20 heavy (non-hydrogen) atoms. The van der Waals surface area contributed by atoms with Crippen molar-refractivity contribution in [2.24, 2.45) is 0 Å². The number of aryl methyl sites for hydroxylation is 1. The minimum atomic E-state index is 0.661. The Hall–Kier alpha value is -2.36. The molecular weight excluding hydrogens is 252 g/mol. The maximum Gasteiger partial charge on any atom is 0.121 e. The smallest absolute Gasteiger partial charge is 0.121 e. The summed E-state index contributed by atoms with van der Waals surface area (Å²) in [6, 6.07) is 13.7. The van der Waals surface area contributed by atoms with E-state index in [9.17, 15) is 0 Å². The summed E-state index contributed by atoms with van der Waals surface area (Å²) < 4.78 is 10.7. The molecule has 2 aromatic carbocycles. The molecule has 0 unspecified atom stereocenters. The van der Waals surface area contributed by atoms with Crippen molar-refractivity contribution >= 4 is 11.4 Å². The molecule has 0 aliphatic carbocycles. The zero-order valence-corrected chi connectivity index (χ0v) is 12.1. The van der Waals surface area contributed by atoms with Crippen LogP contribution < -0.4 is 20.3 Å². The molecule has 0 heterocycles. The maximum atomic E-state index is 5.47. The predicted molar refractivity (Wildman–Crippen MR) is 82.6 cm³/mol. The summed E-state index contributed by atoms with van der Waals surface area (Å²) in [5.41, 5.74) is 9.42. The highest BCUT2D eigenvalue weighted by molar-refractivity contribution is 5.59. The second kappa shape index (κ2) is 6.70. The lowest BCUT2D eigenvalue weighted by Gasteiger charge is -2.13. The van der Waals surface area contributed by atoms with E-state index in [4.69, 9.17) is 9.47 Å². The number of hydrogen-bond donors (Lipinski definition) is 2. The molecule has 0 radical (unpaired) electrons. The molecule has 0 amide bonds. The van der Waals surface area contributed by atoms with Gasteiger partial charge in [-0.1, -0.05) is 6.07 Å². The van der Waals surface area contributed by atoms with Crippen LogP contribution in [0.3, 0.4) is 0 Å². The van der Waals surface area contributed by atoms with Gasteiger partial charge in [0, 0.05) is 6.07 Å². The average molecular weight is 272 g/mol. The summed E-state index contributed by atoms with van der Waals surface area (Å²) in [6.07, 6.45) is 0. The fourth-order valence-electron chi connectivity index (χ4n) is 1.87. The quantitative estimate of drug-likeness (QED) is 0.784. The monoisotopic (exact) mass is 272 g/mol. The van der Waals surface area contributed by atoms with E-state index in [1.807, 2.05) is 56.3 Å². The fraction of sp³-hybridized carbons (Fsp3) is 0.250. The minimum absolute atomic E-state index is 0.661. The largest absolute Gasteiger partial charge is 0.497 e. The topological polar surface area (TPSA) is 42.5 Å². The molecule has 0 bridgehead atoms. The average Bonchev–Trinajstić information content (AvgIpc) is 2.46. The third kappa shape index (κ3) is 3.57. The Labute approximate surface area is 119 Å². The molecule has 0 aromatic heterocycles. The van der Waals surface area contributed by atoms with Crippen molar-refractivity contribution in [1.82, 2.24) is 0 Å². The van der Waals surface area contributed by atoms with E-state index < -0.39 is 0 Å². The molecular formula is C16H20N2O2. The molecule has 0 fully saturated rings. The third-order valence-electron chi connectivity index (χ3n) is 2.92. The van der Waals surface area contributed by atoms with Gasteiger partial charge >= 0.3 is 0 Å². The Balaban J connectivity index is 2.03. The second-order valence-electron chi connectivity index (χ2n) is 4.39. The van der Waals surface area contributed by atoms with Gasteiger partial charge in [-0.05, 0) is 49.7 Å². The molecule has 2 N–H and O–H groups in total. The molecule has 106 valence electrons. The van der Waals surface area contributed by atoms with Crippen LogP contribution in [0.25, 0.3) is 0 Å². The molecule has 4 nitrogen and oxygen atoms in total. The molecule has 0 spiro atoms. The highest BCUT2D eigenvalue weighted by Gasteiger charge is 2.00. The van der Waals surface area contributed by atoms with Crippen molar-refractivity contribution in [3.63, 3.8) is 0 Å². The molecule has 0 aliphatic heterocycles. The number of ether oxygens (including phenoxy) is 2. The standard InChI is InChI=1S/C16H20N2O2/c1-4-20-15-7-5-6-13(11-15)17-18-16-9-8-14(19-3)10-12(16)2/h5-11,17-18H,4H2,1-3H3. The number of hydrogen-bond acceptors (Lipinski definition) is 4. The van der Waals surface area contributed by atoms with Gasteiger partial charge in [-0.25, -0.2) is 0 Å². The summed E-state index contributed by atoms with van der Waals surface area (Å²) >= 11 is 0. The van der Waals surface area contributed by atoms with Crippen molar-refractivity contribution in [3.8, 4) is 11.5 Å². The van der Waals surface area contributed by atoms with Crippen LogP contribution in [-0.2, 0) is 0 Å². The number of rotatable bonds is 6. The lowest BCUT2D eigenvalue weighted by molar-refractivity contribution is 0.340. The lowest BCUT2D eigenvalue weighted by Crippen LogP contribution is -2.09. The number of benzene rings is 2. The van der Waals surface area contributed by atoms with E-state index in [2.05, 4.69) is 10.9 Å². The van der Waals surface area contributed by atoms with Gasteiger partial charge in [0.05, 0.1) is 25.1 Å². The SMILES string of the molecule is CCOc1cccc(NNc2ccc(OC)cc2C)c1. The summed E-state index contributed by atoms with van der Waals surface area (Å²) in [7, 11) is 1.67. The zero-order chi connectivity index (χ0) is 14.4. The Morgan fingerprint density at radius 3 is 2.55 bits per heavy atom. The first-order valence-electron chi connectivity index (χ1n) is 6.62. The summed E-state index contributed by atoms with van der Waals surface area (Å²) in [5.74, 6) is 1.71. The Kier molecular flexibility index (Phi) is 4.71. The van der Waals surface area contributed by atoms with Crippen molar-refractivity contribution in [3.05, 3.63) is 48.0 Å². The Morgan fingerprint density at radius 2 is 1.85 bits per heavy atom. The van der Waals surface area contributed by atoms with E-state index in [0.29, 0.717) is 6.61 Å². The number of hydrazine groups is 1. The summed E-state index contributed by atoms with van der Waals surface area (Å²) in [6.45, 7) is 4.66. The van der Waals surface area contributed by atoms with Crippen LogP contribution in [0.4, 0.5) is 11.4 Å². The van der Waals surface area contributed by atoms with Gasteiger partial charge in [0.1, 0.15) is 11.5 Å². The molecule has 0 atom stereocenters. The summed E-state index contributed by atoms with van der Waals surface area (Å²) in [4.78, 5) is 0. The normalized spacial score (nSPS) is 9.95. The van der Waals surface area contributed by atoms with E-state index in [0.717, 1.165) is 28.4 Å². The van der Waals surface area contributed by atoms with Crippen LogP contribution in [0.5, 0.6) is 11.5 Å². The first kappa shape index (κ1) is 14.1. The Bertz CT molecular complexity index is 570. The molecule has 2 rings (SSSR count). The van der Waals surface area contributed by atoms with Crippen LogP contribution in [0, 0.1) is 6.92 Å². The fourth-order valence-corrected chi connectivity index (χ4v) is 1.87. The van der Waals surface area contributed by atoms with E-state index >= 15 is 0 Å². The van der Waals surface area contributed by atoms with Crippen LogP contribution in [0.1, 0.15) is 12.5 Å². The van der Waals surface area contributed by atoms with Crippen LogP contribution in [-0.4, -0.2) is 13.7 Å². The van der Waals surface area contributed by atoms with Crippen LogP contribution in [0.15, 0.2) is 42.5 Å². The van der Waals surface area contributed by atoms with Gasteiger partial charge in [0.2, 0.25) is 0 Å². The zero-order valence-electron chi connectivity index (χ0n) is 12.1. The number of nitrogens with one attached hydrogen (secondary N) is 2. The Morgan fingerprint density at radius 1 is 1.00 bits per heavy atom. The minimum Gasteiger partial charge on any atom is -0.497 e. The highest BCUT2D eigenvalue weighted by Crippen LogP contribution is 2.22. The van der Waals surface area contributed by atoms with Crippen LogP contribution in [0.2, 0.25) is 0 Å². The van der Waals surface area contributed by atoms with Gasteiger partial charge in [0.15, 0.2) is 0 Å². The van der Waals surface area contributed by atoms with E-state index in [-0.39, 0.29) is 0 Å². The van der Waals surface area contributed by atoms with Crippen molar-refractivity contribution < 1.29 is 9.47 Å². The number of anilines is 2. The van der Waals surface area contributed by atoms with Gasteiger partial charge < -0.3 is 20.3 Å². The lowest BCUT2D eigenvalue weighted by atomic mass is 10.2. The van der Waals surface area contributed by atoms with E-state index in [1.165, 1.54) is 0 Å². The van der Waals surface area contributed by atoms with Gasteiger partial charge in [0.25, 0.3) is 0 Å². The van der Waals surface area contributed by atoms with Gasteiger partial charge in [-0.3, -0.25) is 0 Å².